The highest BCUT2D eigenvalue weighted by molar-refractivity contribution is 5.69. The summed E-state index contributed by atoms with van der Waals surface area (Å²) in [4.78, 5) is 26.7. The van der Waals surface area contributed by atoms with E-state index < -0.39 is 12.2 Å². The number of carbonyl (C=O) groups excluding carboxylic acids is 2. The van der Waals surface area contributed by atoms with E-state index in [1.807, 2.05) is 0 Å². The molecule has 0 N–H and O–H groups in total. The van der Waals surface area contributed by atoms with Gasteiger partial charge in [0.2, 0.25) is 0 Å². The van der Waals surface area contributed by atoms with Crippen molar-refractivity contribution >= 4 is 12.2 Å². The molecule has 0 aliphatic heterocycles. The maximum atomic E-state index is 11.2. The van der Waals surface area contributed by atoms with E-state index in [1.165, 1.54) is 14.2 Å². The molecule has 0 radical (unpaired) electrons. The first kappa shape index (κ1) is 11.6. The first-order valence-corrected chi connectivity index (χ1v) is 4.69. The second-order valence-electron chi connectivity index (χ2n) is 3.55. The minimum atomic E-state index is -0.922. The Bertz CT molecular complexity index is 255. The molecular weight excluding hydrogens is 202 g/mol. The number of amides is 1. The van der Waals surface area contributed by atoms with Gasteiger partial charge in [0, 0.05) is 0 Å². The van der Waals surface area contributed by atoms with Crippen molar-refractivity contribution in [3.05, 3.63) is 0 Å². The topological polar surface area (TPSA) is 65.1 Å². The Labute approximate surface area is 88.0 Å². The molecule has 86 valence electrons. The van der Waals surface area contributed by atoms with Crippen molar-refractivity contribution in [2.45, 2.75) is 13.3 Å². The van der Waals surface area contributed by atoms with E-state index in [4.69, 9.17) is 0 Å². The molecule has 15 heavy (non-hydrogen) atoms. The first-order chi connectivity index (χ1) is 7.08. The van der Waals surface area contributed by atoms with E-state index in [0.717, 1.165) is 11.5 Å². The number of ether oxygens (including phenoxy) is 2. The van der Waals surface area contributed by atoms with E-state index in [-0.39, 0.29) is 0 Å². The van der Waals surface area contributed by atoms with Gasteiger partial charge in [-0.3, -0.25) is 0 Å². The molecule has 0 aromatic heterocycles. The molecule has 0 unspecified atom stereocenters. The third kappa shape index (κ3) is 3.30. The highest BCUT2D eigenvalue weighted by atomic mass is 16.8. The molecule has 6 nitrogen and oxygen atoms in total. The van der Waals surface area contributed by atoms with E-state index >= 15 is 0 Å². The lowest BCUT2D eigenvalue weighted by molar-refractivity contribution is -0.106. The Balaban J connectivity index is 2.45. The molecule has 1 aliphatic carbocycles. The molecule has 1 rings (SSSR count). The smallest absolute Gasteiger partial charge is 0.451 e. The highest BCUT2D eigenvalue weighted by Gasteiger charge is 2.37. The van der Waals surface area contributed by atoms with Crippen LogP contribution in [0.2, 0.25) is 0 Å². The highest BCUT2D eigenvalue weighted by Crippen LogP contribution is 2.38. The van der Waals surface area contributed by atoms with Gasteiger partial charge in [-0.15, -0.1) is 5.06 Å². The largest absolute Gasteiger partial charge is 0.533 e. The lowest BCUT2D eigenvalue weighted by Gasteiger charge is -2.18. The van der Waals surface area contributed by atoms with Crippen molar-refractivity contribution in [2.24, 2.45) is 11.8 Å². The summed E-state index contributed by atoms with van der Waals surface area (Å²) in [6.45, 7) is 2.42. The fourth-order valence-electron chi connectivity index (χ4n) is 1.24. The number of hydroxylamine groups is 2. The zero-order valence-electron chi connectivity index (χ0n) is 9.06. The molecular formula is C9H15NO5. The lowest BCUT2D eigenvalue weighted by atomic mass is 10.3. The summed E-state index contributed by atoms with van der Waals surface area (Å²) in [6.07, 6.45) is -0.592. The van der Waals surface area contributed by atoms with Crippen LogP contribution in [-0.2, 0) is 14.3 Å². The van der Waals surface area contributed by atoms with Gasteiger partial charge >= 0.3 is 12.2 Å². The Morgan fingerprint density at radius 1 is 1.33 bits per heavy atom. The molecule has 1 aliphatic rings. The summed E-state index contributed by atoms with van der Waals surface area (Å²) in [5.74, 6) is 0.923. The Kier molecular flexibility index (Phi) is 3.76. The average molecular weight is 217 g/mol. The van der Waals surface area contributed by atoms with Crippen molar-refractivity contribution in [2.75, 3.05) is 20.8 Å². The number of methoxy groups -OCH3 is 2. The first-order valence-electron chi connectivity index (χ1n) is 4.69. The maximum Gasteiger partial charge on any atom is 0.533 e. The van der Waals surface area contributed by atoms with Crippen molar-refractivity contribution in [1.29, 1.82) is 0 Å². The number of nitrogens with zero attached hydrogens (tertiary/aromatic N) is 1. The van der Waals surface area contributed by atoms with Crippen LogP contribution in [0.3, 0.4) is 0 Å². The molecule has 0 spiro atoms. The van der Waals surface area contributed by atoms with Crippen molar-refractivity contribution in [3.8, 4) is 0 Å². The van der Waals surface area contributed by atoms with Gasteiger partial charge in [-0.05, 0) is 18.3 Å². The molecule has 6 heteroatoms. The van der Waals surface area contributed by atoms with Gasteiger partial charge in [0.05, 0.1) is 20.8 Å². The zero-order chi connectivity index (χ0) is 11.4. The minimum absolute atomic E-state index is 0.350. The second kappa shape index (κ2) is 4.86. The average Bonchev–Trinajstić information content (AvgIpc) is 2.92. The number of carbonyl (C=O) groups is 2. The van der Waals surface area contributed by atoms with Crippen LogP contribution in [0.4, 0.5) is 9.59 Å². The zero-order valence-corrected chi connectivity index (χ0v) is 9.06. The van der Waals surface area contributed by atoms with Crippen LogP contribution in [0.15, 0.2) is 0 Å². The van der Waals surface area contributed by atoms with Crippen molar-refractivity contribution < 1.29 is 23.9 Å². The van der Waals surface area contributed by atoms with Crippen LogP contribution in [-0.4, -0.2) is 38.1 Å². The van der Waals surface area contributed by atoms with Crippen LogP contribution in [0, 0.1) is 11.8 Å². The van der Waals surface area contributed by atoms with Gasteiger partial charge in [0.1, 0.15) is 0 Å². The van der Waals surface area contributed by atoms with Gasteiger partial charge in [0.25, 0.3) is 0 Å². The fourth-order valence-corrected chi connectivity index (χ4v) is 1.24. The normalized spacial score (nSPS) is 22.9. The van der Waals surface area contributed by atoms with E-state index in [1.54, 1.807) is 0 Å². The molecule has 2 atom stereocenters. The third-order valence-electron chi connectivity index (χ3n) is 2.41. The number of hydrogen-bond donors (Lipinski definition) is 0. The third-order valence-corrected chi connectivity index (χ3v) is 2.41. The Morgan fingerprint density at radius 2 is 1.93 bits per heavy atom. The van der Waals surface area contributed by atoms with Gasteiger partial charge in [-0.1, -0.05) is 6.92 Å². The maximum absolute atomic E-state index is 11.2. The van der Waals surface area contributed by atoms with E-state index in [2.05, 4.69) is 21.2 Å². The molecule has 1 amide bonds. The predicted octanol–water partition coefficient (Wildman–Crippen LogP) is 1.41. The van der Waals surface area contributed by atoms with Gasteiger partial charge in [-0.25, -0.2) is 9.59 Å². The van der Waals surface area contributed by atoms with E-state index in [9.17, 15) is 9.59 Å². The summed E-state index contributed by atoms with van der Waals surface area (Å²) < 4.78 is 8.77. The predicted molar refractivity (Wildman–Crippen MR) is 49.9 cm³/mol. The molecule has 0 saturated heterocycles. The molecule has 1 saturated carbocycles. The summed E-state index contributed by atoms with van der Waals surface area (Å²) in [5, 5.41) is 0.889. The Hall–Kier alpha value is -1.46. The fraction of sp³-hybridized carbons (Fsp3) is 0.778. The lowest BCUT2D eigenvalue weighted by Crippen LogP contribution is -2.35. The summed E-state index contributed by atoms with van der Waals surface area (Å²) in [7, 11) is 2.41. The summed E-state index contributed by atoms with van der Waals surface area (Å²) in [6, 6.07) is 0. The van der Waals surface area contributed by atoms with Gasteiger partial charge < -0.3 is 14.3 Å². The molecule has 0 heterocycles. The van der Waals surface area contributed by atoms with Crippen LogP contribution >= 0.6 is 0 Å². The number of rotatable bonds is 2. The van der Waals surface area contributed by atoms with Crippen LogP contribution < -0.4 is 0 Å². The summed E-state index contributed by atoms with van der Waals surface area (Å²) >= 11 is 0. The summed E-state index contributed by atoms with van der Waals surface area (Å²) in [5.41, 5.74) is 0. The van der Waals surface area contributed by atoms with Gasteiger partial charge in [0.15, 0.2) is 0 Å². The van der Waals surface area contributed by atoms with Crippen LogP contribution in [0.25, 0.3) is 0 Å². The second-order valence-corrected chi connectivity index (χ2v) is 3.55. The van der Waals surface area contributed by atoms with Crippen LogP contribution in [0.1, 0.15) is 13.3 Å². The van der Waals surface area contributed by atoms with E-state index in [0.29, 0.717) is 18.4 Å². The standard InChI is InChI=1S/C9H15NO5/c1-6-4-7(6)5-10(8(11)13-2)15-9(12)14-3/h6-7H,4-5H2,1-3H3/t6-,7+/m0/s1. The molecule has 0 aromatic rings. The molecule has 0 bridgehead atoms. The monoisotopic (exact) mass is 217 g/mol. The molecule has 1 fully saturated rings. The molecule has 0 aromatic carbocycles. The SMILES string of the molecule is COC(=O)ON(C[C@H]1C[C@@H]1C)C(=O)OC. The quantitative estimate of drug-likeness (QED) is 0.516. The Morgan fingerprint density at radius 3 is 2.33 bits per heavy atom. The van der Waals surface area contributed by atoms with Gasteiger partial charge in [-0.2, -0.15) is 0 Å². The minimum Gasteiger partial charge on any atom is -0.451 e. The van der Waals surface area contributed by atoms with Crippen molar-refractivity contribution in [3.63, 3.8) is 0 Å². The van der Waals surface area contributed by atoms with Crippen molar-refractivity contribution in [1.82, 2.24) is 5.06 Å². The van der Waals surface area contributed by atoms with Crippen LogP contribution in [0.5, 0.6) is 0 Å². The number of hydrogen-bond acceptors (Lipinski definition) is 5.